The fraction of sp³-hybridized carbons (Fsp3) is 0.500. The van der Waals surface area contributed by atoms with Gasteiger partial charge in [0.1, 0.15) is 0 Å². The molecule has 2 N–H and O–H groups in total. The summed E-state index contributed by atoms with van der Waals surface area (Å²) in [5.41, 5.74) is 7.32. The minimum atomic E-state index is 0.224. The van der Waals surface area contributed by atoms with Crippen molar-refractivity contribution in [3.8, 4) is 0 Å². The molecule has 0 heterocycles. The van der Waals surface area contributed by atoms with E-state index in [1.54, 1.807) is 0 Å². The Bertz CT molecular complexity index is 231. The van der Waals surface area contributed by atoms with E-state index in [1.165, 1.54) is 5.56 Å². The predicted octanol–water partition coefficient (Wildman–Crippen LogP) is 2.77. The molecule has 1 rings (SSSR count). The van der Waals surface area contributed by atoms with Crippen molar-refractivity contribution < 1.29 is 0 Å². The molecule has 1 nitrogen and oxygen atoms in total. The molecular formula is C12H19N. The summed E-state index contributed by atoms with van der Waals surface area (Å²) in [6.07, 6.45) is 0. The Labute approximate surface area is 81.0 Å². The number of rotatable bonds is 3. The Hall–Kier alpha value is -0.820. The average Bonchev–Trinajstić information content (AvgIpc) is 2.04. The van der Waals surface area contributed by atoms with Crippen LogP contribution < -0.4 is 5.73 Å². The van der Waals surface area contributed by atoms with Gasteiger partial charge in [0.25, 0.3) is 0 Å². The quantitative estimate of drug-likeness (QED) is 0.755. The standard InChI is InChI=1S/C12H19N/c1-9(2)12(10(3)13)11-7-5-4-6-8-11/h4-10,12H,13H2,1-3H3/t10?,12-/m0/s1. The Morgan fingerprint density at radius 3 is 1.92 bits per heavy atom. The molecule has 0 bridgehead atoms. The molecule has 0 saturated heterocycles. The lowest BCUT2D eigenvalue weighted by Crippen LogP contribution is -2.28. The second-order valence-electron chi connectivity index (χ2n) is 4.04. The molecule has 0 fully saturated rings. The molecule has 0 aliphatic carbocycles. The first-order valence-corrected chi connectivity index (χ1v) is 4.93. The lowest BCUT2D eigenvalue weighted by atomic mass is 9.84. The van der Waals surface area contributed by atoms with Gasteiger partial charge in [0.2, 0.25) is 0 Å². The highest BCUT2D eigenvalue weighted by Crippen LogP contribution is 2.26. The van der Waals surface area contributed by atoms with Gasteiger partial charge in [-0.05, 0) is 18.4 Å². The molecule has 1 aromatic carbocycles. The van der Waals surface area contributed by atoms with Gasteiger partial charge in [0.15, 0.2) is 0 Å². The second-order valence-corrected chi connectivity index (χ2v) is 4.04. The van der Waals surface area contributed by atoms with Crippen molar-refractivity contribution in [1.29, 1.82) is 0 Å². The Kier molecular flexibility index (Phi) is 3.49. The van der Waals surface area contributed by atoms with Crippen molar-refractivity contribution in [3.05, 3.63) is 35.9 Å². The Morgan fingerprint density at radius 1 is 1.00 bits per heavy atom. The third kappa shape index (κ3) is 2.56. The number of hydrogen-bond donors (Lipinski definition) is 1. The zero-order valence-corrected chi connectivity index (χ0v) is 8.70. The summed E-state index contributed by atoms with van der Waals surface area (Å²) in [5, 5.41) is 0. The SMILES string of the molecule is CC(C)[C@H](c1ccccc1)C(C)N. The molecule has 2 atom stereocenters. The maximum absolute atomic E-state index is 5.97. The van der Waals surface area contributed by atoms with Crippen LogP contribution in [0, 0.1) is 5.92 Å². The molecule has 0 aromatic heterocycles. The van der Waals surface area contributed by atoms with Crippen LogP contribution in [0.15, 0.2) is 30.3 Å². The molecule has 0 aliphatic rings. The summed E-state index contributed by atoms with van der Waals surface area (Å²) < 4.78 is 0. The Balaban J connectivity index is 2.89. The zero-order chi connectivity index (χ0) is 9.84. The van der Waals surface area contributed by atoms with E-state index >= 15 is 0 Å². The minimum absolute atomic E-state index is 0.224. The number of benzene rings is 1. The first-order chi connectivity index (χ1) is 6.13. The molecule has 1 heteroatoms. The molecule has 0 amide bonds. The minimum Gasteiger partial charge on any atom is -0.327 e. The van der Waals surface area contributed by atoms with E-state index < -0.39 is 0 Å². The zero-order valence-electron chi connectivity index (χ0n) is 8.70. The molecule has 0 spiro atoms. The summed E-state index contributed by atoms with van der Waals surface area (Å²) in [7, 11) is 0. The van der Waals surface area contributed by atoms with Crippen LogP contribution in [0.3, 0.4) is 0 Å². The van der Waals surface area contributed by atoms with Crippen LogP contribution in [0.5, 0.6) is 0 Å². The smallest absolute Gasteiger partial charge is 0.00817 e. The van der Waals surface area contributed by atoms with Gasteiger partial charge in [-0.15, -0.1) is 0 Å². The summed E-state index contributed by atoms with van der Waals surface area (Å²) in [5.74, 6) is 1.07. The van der Waals surface area contributed by atoms with Gasteiger partial charge in [-0.3, -0.25) is 0 Å². The van der Waals surface area contributed by atoms with Crippen LogP contribution in [-0.2, 0) is 0 Å². The summed E-state index contributed by atoms with van der Waals surface area (Å²) >= 11 is 0. The fourth-order valence-electron chi connectivity index (χ4n) is 1.97. The van der Waals surface area contributed by atoms with Gasteiger partial charge >= 0.3 is 0 Å². The topological polar surface area (TPSA) is 26.0 Å². The van der Waals surface area contributed by atoms with Gasteiger partial charge < -0.3 is 5.73 Å². The summed E-state index contributed by atoms with van der Waals surface area (Å²) in [4.78, 5) is 0. The van der Waals surface area contributed by atoms with Crippen molar-refractivity contribution >= 4 is 0 Å². The molecule has 0 aliphatic heterocycles. The van der Waals surface area contributed by atoms with E-state index in [2.05, 4.69) is 45.0 Å². The van der Waals surface area contributed by atoms with Crippen molar-refractivity contribution in [1.82, 2.24) is 0 Å². The first kappa shape index (κ1) is 10.3. The van der Waals surface area contributed by atoms with Crippen LogP contribution in [0.1, 0.15) is 32.3 Å². The first-order valence-electron chi connectivity index (χ1n) is 4.93. The van der Waals surface area contributed by atoms with Gasteiger partial charge in [-0.1, -0.05) is 44.2 Å². The normalized spacial score (nSPS) is 15.8. The van der Waals surface area contributed by atoms with E-state index in [1.807, 2.05) is 6.07 Å². The van der Waals surface area contributed by atoms with Crippen LogP contribution in [0.25, 0.3) is 0 Å². The lowest BCUT2D eigenvalue weighted by molar-refractivity contribution is 0.436. The van der Waals surface area contributed by atoms with Crippen molar-refractivity contribution in [3.63, 3.8) is 0 Å². The van der Waals surface area contributed by atoms with Crippen LogP contribution in [-0.4, -0.2) is 6.04 Å². The largest absolute Gasteiger partial charge is 0.327 e. The van der Waals surface area contributed by atoms with Gasteiger partial charge in [-0.25, -0.2) is 0 Å². The lowest BCUT2D eigenvalue weighted by Gasteiger charge is -2.24. The highest BCUT2D eigenvalue weighted by atomic mass is 14.6. The van der Waals surface area contributed by atoms with Crippen LogP contribution in [0.2, 0.25) is 0 Å². The summed E-state index contributed by atoms with van der Waals surface area (Å²) in [6, 6.07) is 10.7. The molecular weight excluding hydrogens is 158 g/mol. The maximum Gasteiger partial charge on any atom is 0.00817 e. The predicted molar refractivity (Wildman–Crippen MR) is 57.7 cm³/mol. The van der Waals surface area contributed by atoms with Crippen molar-refractivity contribution in [2.75, 3.05) is 0 Å². The highest BCUT2D eigenvalue weighted by Gasteiger charge is 2.19. The van der Waals surface area contributed by atoms with E-state index in [0.29, 0.717) is 11.8 Å². The molecule has 0 radical (unpaired) electrons. The molecule has 0 saturated carbocycles. The van der Waals surface area contributed by atoms with E-state index in [-0.39, 0.29) is 6.04 Å². The number of hydrogen-bond acceptors (Lipinski definition) is 1. The second kappa shape index (κ2) is 4.43. The van der Waals surface area contributed by atoms with Crippen LogP contribution >= 0.6 is 0 Å². The molecule has 1 unspecified atom stereocenters. The van der Waals surface area contributed by atoms with E-state index in [0.717, 1.165) is 0 Å². The van der Waals surface area contributed by atoms with E-state index in [9.17, 15) is 0 Å². The molecule has 72 valence electrons. The molecule has 13 heavy (non-hydrogen) atoms. The van der Waals surface area contributed by atoms with E-state index in [4.69, 9.17) is 5.73 Å². The summed E-state index contributed by atoms with van der Waals surface area (Å²) in [6.45, 7) is 6.53. The fourth-order valence-corrected chi connectivity index (χ4v) is 1.97. The maximum atomic E-state index is 5.97. The van der Waals surface area contributed by atoms with Crippen LogP contribution in [0.4, 0.5) is 0 Å². The van der Waals surface area contributed by atoms with Gasteiger partial charge in [0, 0.05) is 12.0 Å². The third-order valence-corrected chi connectivity index (χ3v) is 2.47. The third-order valence-electron chi connectivity index (χ3n) is 2.47. The number of nitrogens with two attached hydrogens (primary N) is 1. The average molecular weight is 177 g/mol. The van der Waals surface area contributed by atoms with Crippen molar-refractivity contribution in [2.24, 2.45) is 11.7 Å². The van der Waals surface area contributed by atoms with Crippen molar-refractivity contribution in [2.45, 2.75) is 32.7 Å². The Morgan fingerprint density at radius 2 is 1.54 bits per heavy atom. The van der Waals surface area contributed by atoms with Gasteiger partial charge in [0.05, 0.1) is 0 Å². The highest BCUT2D eigenvalue weighted by molar-refractivity contribution is 5.21. The molecule has 1 aromatic rings. The van der Waals surface area contributed by atoms with Gasteiger partial charge in [-0.2, -0.15) is 0 Å². The monoisotopic (exact) mass is 177 g/mol.